The fraction of sp³-hybridized carbons (Fsp3) is 0.375. The van der Waals surface area contributed by atoms with Crippen molar-refractivity contribution in [1.82, 2.24) is 28.7 Å². The van der Waals surface area contributed by atoms with E-state index in [-0.39, 0.29) is 36.2 Å². The van der Waals surface area contributed by atoms with Gasteiger partial charge in [0.2, 0.25) is 10.0 Å². The fourth-order valence-electron chi connectivity index (χ4n) is 3.40. The monoisotopic (exact) mass is 420 g/mol. The number of nitrogens with two attached hydrogens (primary N) is 1. The summed E-state index contributed by atoms with van der Waals surface area (Å²) >= 11 is 6.11. The van der Waals surface area contributed by atoms with Gasteiger partial charge in [0.05, 0.1) is 18.2 Å². The van der Waals surface area contributed by atoms with Crippen LogP contribution in [-0.4, -0.2) is 55.9 Å². The molecule has 28 heavy (non-hydrogen) atoms. The molecule has 146 valence electrons. The van der Waals surface area contributed by atoms with Crippen molar-refractivity contribution in [3.8, 4) is 17.2 Å². The Morgan fingerprint density at radius 3 is 2.79 bits per heavy atom. The predicted octanol–water partition coefficient (Wildman–Crippen LogP) is 1.10. The van der Waals surface area contributed by atoms with Crippen molar-refractivity contribution in [1.29, 1.82) is 5.26 Å². The van der Waals surface area contributed by atoms with Crippen LogP contribution in [-0.2, 0) is 15.6 Å². The van der Waals surface area contributed by atoms with E-state index in [1.807, 2.05) is 0 Å². The summed E-state index contributed by atoms with van der Waals surface area (Å²) in [7, 11) is -3.33. The van der Waals surface area contributed by atoms with Gasteiger partial charge in [0, 0.05) is 42.8 Å². The summed E-state index contributed by atoms with van der Waals surface area (Å²) in [5.74, 6) is 0.247. The molecule has 0 atom stereocenters. The first-order chi connectivity index (χ1) is 13.3. The molecule has 1 aliphatic rings. The average Bonchev–Trinajstić information content (AvgIpc) is 3.23. The highest BCUT2D eigenvalue weighted by Gasteiger charge is 2.50. The molecule has 4 heterocycles. The molecule has 0 amide bonds. The molecule has 0 unspecified atom stereocenters. The molecule has 1 aliphatic heterocycles. The molecule has 10 nitrogen and oxygen atoms in total. The van der Waals surface area contributed by atoms with Gasteiger partial charge in [-0.1, -0.05) is 11.6 Å². The van der Waals surface area contributed by atoms with E-state index in [1.54, 1.807) is 40.8 Å². The molecular formula is C16H17ClN8O2S. The Morgan fingerprint density at radius 2 is 2.11 bits per heavy atom. The van der Waals surface area contributed by atoms with Crippen molar-refractivity contribution < 1.29 is 8.42 Å². The second-order valence-electron chi connectivity index (χ2n) is 6.68. The highest BCUT2D eigenvalue weighted by molar-refractivity contribution is 7.89. The topological polar surface area (TPSA) is 135 Å². The smallest absolute Gasteiger partial charge is 0.213 e. The van der Waals surface area contributed by atoms with E-state index in [0.717, 1.165) is 0 Å². The third-order valence-corrected chi connectivity index (χ3v) is 6.92. The predicted molar refractivity (Wildman–Crippen MR) is 103 cm³/mol. The zero-order chi connectivity index (χ0) is 20.1. The van der Waals surface area contributed by atoms with Crippen LogP contribution in [0.1, 0.15) is 13.3 Å². The van der Waals surface area contributed by atoms with Gasteiger partial charge in [-0.25, -0.2) is 17.9 Å². The Balaban J connectivity index is 1.77. The Kier molecular flexibility index (Phi) is 4.29. The zero-order valence-corrected chi connectivity index (χ0v) is 16.5. The van der Waals surface area contributed by atoms with E-state index >= 15 is 0 Å². The fourth-order valence-corrected chi connectivity index (χ4v) is 4.83. The van der Waals surface area contributed by atoms with Gasteiger partial charge >= 0.3 is 0 Å². The lowest BCUT2D eigenvalue weighted by Crippen LogP contribution is -2.64. The number of hydrogen-bond donors (Lipinski definition) is 1. The summed E-state index contributed by atoms with van der Waals surface area (Å²) in [6.07, 6.45) is 5.09. The second-order valence-corrected chi connectivity index (χ2v) is 9.32. The summed E-state index contributed by atoms with van der Waals surface area (Å²) in [5.41, 5.74) is 7.20. The number of aromatic nitrogens is 5. The van der Waals surface area contributed by atoms with E-state index in [9.17, 15) is 13.7 Å². The first-order valence-corrected chi connectivity index (χ1v) is 10.5. The normalized spacial score (nSPS) is 16.8. The molecule has 0 saturated carbocycles. The van der Waals surface area contributed by atoms with Crippen molar-refractivity contribution in [3.05, 3.63) is 29.8 Å². The minimum atomic E-state index is -3.33. The van der Waals surface area contributed by atoms with Gasteiger partial charge in [0.15, 0.2) is 16.6 Å². The SMILES string of the molecule is CCS(=O)(=O)N1CC(CC#N)(n2cc(-c3cc(Cl)nn4ccnc34)c(N)n2)C1. The maximum Gasteiger partial charge on any atom is 0.213 e. The maximum atomic E-state index is 12.1. The number of rotatable bonds is 5. The molecule has 0 bridgehead atoms. The van der Waals surface area contributed by atoms with Gasteiger partial charge in [-0.15, -0.1) is 0 Å². The van der Waals surface area contributed by atoms with Gasteiger partial charge in [-0.05, 0) is 13.0 Å². The standard InChI is InChI=1S/C16H17ClN8O2S/c1-2-28(26,27)23-9-16(10-23,3-4-18)25-8-12(14(19)22-25)11-7-13(17)21-24-6-5-20-15(11)24/h5-8H,2-3,9-10H2,1H3,(H2,19,22). The Hall–Kier alpha value is -2.68. The minimum Gasteiger partial charge on any atom is -0.382 e. The van der Waals surface area contributed by atoms with Crippen LogP contribution >= 0.6 is 11.6 Å². The highest BCUT2D eigenvalue weighted by Crippen LogP contribution is 2.37. The molecule has 12 heteroatoms. The van der Waals surface area contributed by atoms with Crippen LogP contribution in [0.3, 0.4) is 0 Å². The van der Waals surface area contributed by atoms with Crippen LogP contribution in [0.15, 0.2) is 24.7 Å². The number of nitriles is 1. The molecule has 4 rings (SSSR count). The van der Waals surface area contributed by atoms with E-state index in [1.165, 1.54) is 4.31 Å². The van der Waals surface area contributed by atoms with Crippen LogP contribution < -0.4 is 5.73 Å². The lowest BCUT2D eigenvalue weighted by atomic mass is 9.89. The number of imidazole rings is 1. The van der Waals surface area contributed by atoms with Crippen molar-refractivity contribution >= 4 is 33.1 Å². The largest absolute Gasteiger partial charge is 0.382 e. The molecule has 0 aromatic carbocycles. The van der Waals surface area contributed by atoms with Gasteiger partial charge in [0.1, 0.15) is 5.54 Å². The summed E-state index contributed by atoms with van der Waals surface area (Å²) in [4.78, 5) is 4.28. The Labute approximate surface area is 166 Å². The van der Waals surface area contributed by atoms with E-state index in [0.29, 0.717) is 16.8 Å². The van der Waals surface area contributed by atoms with Crippen molar-refractivity contribution in [2.45, 2.75) is 18.9 Å². The maximum absolute atomic E-state index is 12.1. The van der Waals surface area contributed by atoms with Crippen LogP contribution in [0.25, 0.3) is 16.8 Å². The van der Waals surface area contributed by atoms with Gasteiger partial charge in [-0.3, -0.25) is 4.68 Å². The number of halogens is 1. The van der Waals surface area contributed by atoms with E-state index in [2.05, 4.69) is 21.3 Å². The molecular weight excluding hydrogens is 404 g/mol. The molecule has 1 saturated heterocycles. The minimum absolute atomic E-state index is 0.00943. The highest BCUT2D eigenvalue weighted by atomic mass is 35.5. The van der Waals surface area contributed by atoms with Gasteiger partial charge in [0.25, 0.3) is 0 Å². The van der Waals surface area contributed by atoms with Gasteiger partial charge in [-0.2, -0.15) is 19.8 Å². The Morgan fingerprint density at radius 1 is 1.36 bits per heavy atom. The number of hydrogen-bond acceptors (Lipinski definition) is 7. The van der Waals surface area contributed by atoms with Crippen LogP contribution in [0.4, 0.5) is 5.82 Å². The first kappa shape index (κ1) is 18.7. The van der Waals surface area contributed by atoms with Crippen molar-refractivity contribution in [3.63, 3.8) is 0 Å². The van der Waals surface area contributed by atoms with Crippen molar-refractivity contribution in [2.75, 3.05) is 24.6 Å². The molecule has 0 aliphatic carbocycles. The lowest BCUT2D eigenvalue weighted by Gasteiger charge is -2.47. The summed E-state index contributed by atoms with van der Waals surface area (Å²) < 4.78 is 28.7. The molecule has 0 spiro atoms. The number of nitrogen functional groups attached to an aromatic ring is 1. The number of anilines is 1. The van der Waals surface area contributed by atoms with Crippen LogP contribution in [0.5, 0.6) is 0 Å². The summed E-state index contributed by atoms with van der Waals surface area (Å²) in [6.45, 7) is 1.94. The quantitative estimate of drug-likeness (QED) is 0.652. The lowest BCUT2D eigenvalue weighted by molar-refractivity contribution is 0.0722. The first-order valence-electron chi connectivity index (χ1n) is 8.50. The third kappa shape index (κ3) is 2.81. The molecule has 2 N–H and O–H groups in total. The van der Waals surface area contributed by atoms with Crippen LogP contribution in [0, 0.1) is 11.3 Å². The second kappa shape index (κ2) is 6.44. The number of nitrogens with zero attached hydrogens (tertiary/aromatic N) is 7. The average molecular weight is 421 g/mol. The van der Waals surface area contributed by atoms with Crippen molar-refractivity contribution in [2.24, 2.45) is 0 Å². The van der Waals surface area contributed by atoms with E-state index in [4.69, 9.17) is 17.3 Å². The summed E-state index contributed by atoms with van der Waals surface area (Å²) in [6, 6.07) is 3.78. The van der Waals surface area contributed by atoms with E-state index < -0.39 is 15.6 Å². The molecule has 0 radical (unpaired) electrons. The molecule has 3 aromatic rings. The molecule has 3 aromatic heterocycles. The number of sulfonamides is 1. The third-order valence-electron chi connectivity index (χ3n) is 4.96. The zero-order valence-electron chi connectivity index (χ0n) is 14.9. The summed E-state index contributed by atoms with van der Waals surface area (Å²) in [5, 5.41) is 18.1. The van der Waals surface area contributed by atoms with Crippen LogP contribution in [0.2, 0.25) is 5.15 Å². The van der Waals surface area contributed by atoms with Gasteiger partial charge < -0.3 is 5.73 Å². The Bertz CT molecular complexity index is 1200. The number of fused-ring (bicyclic) bond motifs is 1. The molecule has 1 fully saturated rings.